The number of aryl methyl sites for hydroxylation is 2. The minimum atomic E-state index is -3.45. The maximum Gasteiger partial charge on any atom is 0.307 e. The number of anilines is 1. The number of nitro groups is 1. The molecule has 0 spiro atoms. The Labute approximate surface area is 438 Å². The Morgan fingerprint density at radius 1 is 0.547 bits per heavy atom. The lowest BCUT2D eigenvalue weighted by Crippen LogP contribution is -2.16. The van der Waals surface area contributed by atoms with Crippen LogP contribution in [-0.2, 0) is 102 Å². The number of nitrogens with zero attached hydrogens (tertiary/aromatic N) is 2. The van der Waals surface area contributed by atoms with E-state index in [1.54, 1.807) is 36.4 Å². The van der Waals surface area contributed by atoms with Gasteiger partial charge in [-0.15, -0.1) is 10.1 Å². The molecule has 5 aromatic rings. The third-order valence-electron chi connectivity index (χ3n) is 11.7. The predicted octanol–water partition coefficient (Wildman–Crippen LogP) is 6.51. The van der Waals surface area contributed by atoms with E-state index in [1.807, 2.05) is 36.4 Å². The van der Waals surface area contributed by atoms with Crippen LogP contribution >= 0.6 is 0 Å². The molecule has 7 N–H and O–H groups in total. The number of benzene rings is 5. The molecule has 0 bridgehead atoms. The highest BCUT2D eigenvalue weighted by molar-refractivity contribution is 7.86. The number of fused-ring (bicyclic) bond motifs is 3. The molecule has 0 unspecified atom stereocenters. The molecule has 1 aliphatic carbocycles. The summed E-state index contributed by atoms with van der Waals surface area (Å²) in [6.45, 7) is 4.26. The number of carboxylic acid groups (broad SMARTS) is 2. The second kappa shape index (κ2) is 33.2. The van der Waals surface area contributed by atoms with Gasteiger partial charge in [-0.3, -0.25) is 28.1 Å². The summed E-state index contributed by atoms with van der Waals surface area (Å²) < 4.78 is 52.9. The third kappa shape index (κ3) is 27.3. The summed E-state index contributed by atoms with van der Waals surface area (Å²) in [6, 6.07) is 34.3. The number of nitrogen functional groups attached to an aromatic ring is 1. The van der Waals surface area contributed by atoms with Gasteiger partial charge in [-0.05, 0) is 158 Å². The summed E-state index contributed by atoms with van der Waals surface area (Å²) in [4.78, 5) is 39.5. The average molecular weight is 1080 g/mol. The number of nitrogens with two attached hydrogens (primary N) is 1. The quantitative estimate of drug-likeness (QED) is 0.0240. The molecule has 0 saturated carbocycles. The summed E-state index contributed by atoms with van der Waals surface area (Å²) in [5.41, 5.74) is 18.2. The van der Waals surface area contributed by atoms with Gasteiger partial charge < -0.3 is 31.8 Å². The van der Waals surface area contributed by atoms with Gasteiger partial charge in [0, 0.05) is 17.8 Å². The summed E-state index contributed by atoms with van der Waals surface area (Å²) in [6.07, 6.45) is 13.3. The van der Waals surface area contributed by atoms with Crippen molar-refractivity contribution >= 4 is 43.5 Å². The van der Waals surface area contributed by atoms with Gasteiger partial charge in [0.05, 0.1) is 43.5 Å². The Bertz CT molecular complexity index is 2730. The lowest BCUT2D eigenvalue weighted by atomic mass is 10.0. The molecule has 0 fully saturated rings. The van der Waals surface area contributed by atoms with Crippen LogP contribution in [0, 0.1) is 20.2 Å². The van der Waals surface area contributed by atoms with Crippen molar-refractivity contribution in [3.8, 4) is 0 Å². The molecule has 0 saturated heterocycles. The minimum Gasteiger partial charge on any atom is -0.481 e. The topological polar surface area (TPSA) is 318 Å². The van der Waals surface area contributed by atoms with Crippen LogP contribution in [0.5, 0.6) is 0 Å². The van der Waals surface area contributed by atoms with Crippen LogP contribution in [0.1, 0.15) is 74.9 Å². The van der Waals surface area contributed by atoms with Gasteiger partial charge in [-0.1, -0.05) is 91.3 Å². The molecular weight excluding hydrogens is 1010 g/mol. The van der Waals surface area contributed by atoms with Crippen LogP contribution in [0.3, 0.4) is 0 Å². The first-order valence-electron chi connectivity index (χ1n) is 24.3. The highest BCUT2D eigenvalue weighted by atomic mass is 32.2. The molecule has 5 aromatic carbocycles. The Hall–Kier alpha value is -6.82. The number of carboxylic acids is 2. The number of aliphatic carboxylic acids is 2. The molecule has 75 heavy (non-hydrogen) atoms. The molecule has 408 valence electrons. The highest BCUT2D eigenvalue weighted by Gasteiger charge is 2.14. The van der Waals surface area contributed by atoms with E-state index in [0.29, 0.717) is 24.0 Å². The van der Waals surface area contributed by atoms with Crippen LogP contribution in [0.25, 0.3) is 0 Å². The van der Waals surface area contributed by atoms with Gasteiger partial charge in [0.15, 0.2) is 0 Å². The molecule has 8 rings (SSSR count). The number of non-ortho nitro benzene ring substituents is 1. The second-order valence-electron chi connectivity index (χ2n) is 17.5. The van der Waals surface area contributed by atoms with Crippen molar-refractivity contribution in [2.75, 3.05) is 57.6 Å². The molecule has 0 aromatic heterocycles. The van der Waals surface area contributed by atoms with Gasteiger partial charge in [0.2, 0.25) is 0 Å². The van der Waals surface area contributed by atoms with Gasteiger partial charge in [-0.2, -0.15) is 16.8 Å². The summed E-state index contributed by atoms with van der Waals surface area (Å²) in [5, 5.41) is 48.0. The normalized spacial score (nSPS) is 13.6. The lowest BCUT2D eigenvalue weighted by molar-refractivity contribution is -0.742. The molecule has 2 heterocycles. The first kappa shape index (κ1) is 62.5. The average Bonchev–Trinajstić information content (AvgIpc) is 3.84. The van der Waals surface area contributed by atoms with Crippen LogP contribution in [0.2, 0.25) is 0 Å². The van der Waals surface area contributed by atoms with E-state index in [1.165, 1.54) is 72.8 Å². The fourth-order valence-corrected chi connectivity index (χ4v) is 8.97. The number of nitrogens with one attached hydrogen (secondary N) is 2. The number of rotatable bonds is 13. The van der Waals surface area contributed by atoms with E-state index in [-0.39, 0.29) is 36.7 Å². The zero-order valence-electron chi connectivity index (χ0n) is 42.4. The standard InChI is InChI=1S/C12H18O6S2.C11H15N.C10H12N2O2.C10H13N.C10H10O4.HNO3/c1-19(13,14)17-9-7-11-5-3-4-6-12(11)8-10-18-20(2,15)16;12-11-7-6-9-4-2-1-3-5-10(9)8-11;13-12(14)10-2-1-8-3-5-11-6-4-9(8)7-10;1-2-4-10-6-8-11-7-5-9(10)3-1;11-9(12)5-7-3-1-2-4-8(7)6-10(13)14;2-1(3)4/h3-6H,7-10H2,1-2H3;6-8H,1-5,12H2;1-2,7,11H,3-6H2;1-4,11H,5-8H2;1-4H,5-6H2,(H,11,12)(H,13,14);(H,2,3,4). The minimum absolute atomic E-state index is 0.0583. The number of carbonyl (C=O) groups is 2. The Balaban J connectivity index is 0.000000245. The first-order chi connectivity index (χ1) is 35.6. The second-order valence-corrected chi connectivity index (χ2v) is 20.8. The fourth-order valence-electron chi connectivity index (χ4n) is 8.20. The molecular formula is C53H69N5O15S2. The summed E-state index contributed by atoms with van der Waals surface area (Å²) >= 11 is 0. The van der Waals surface area contributed by atoms with Crippen molar-refractivity contribution in [2.24, 2.45) is 0 Å². The summed E-state index contributed by atoms with van der Waals surface area (Å²) in [7, 11) is -6.89. The lowest BCUT2D eigenvalue weighted by Gasteiger charge is -2.09. The van der Waals surface area contributed by atoms with E-state index in [9.17, 15) is 36.5 Å². The zero-order chi connectivity index (χ0) is 55.2. The molecule has 3 aliphatic rings. The Morgan fingerprint density at radius 2 is 0.907 bits per heavy atom. The zero-order valence-corrected chi connectivity index (χ0v) is 44.0. The van der Waals surface area contributed by atoms with E-state index in [4.69, 9.17) is 39.6 Å². The van der Waals surface area contributed by atoms with Crippen LogP contribution in [-0.4, -0.2) is 106 Å². The number of hydrogen-bond acceptors (Lipinski definition) is 15. The highest BCUT2D eigenvalue weighted by Crippen LogP contribution is 2.23. The van der Waals surface area contributed by atoms with E-state index in [2.05, 4.69) is 47.0 Å². The maximum absolute atomic E-state index is 10.9. The molecule has 20 nitrogen and oxygen atoms in total. The van der Waals surface area contributed by atoms with Crippen molar-refractivity contribution in [3.05, 3.63) is 185 Å². The van der Waals surface area contributed by atoms with Gasteiger partial charge in [0.1, 0.15) is 0 Å². The van der Waals surface area contributed by atoms with Crippen LogP contribution in [0.15, 0.2) is 109 Å². The molecule has 22 heteroatoms. The van der Waals surface area contributed by atoms with Gasteiger partial charge in [-0.25, -0.2) is 0 Å². The van der Waals surface area contributed by atoms with Gasteiger partial charge in [0.25, 0.3) is 31.0 Å². The SMILES string of the molecule is CS(=O)(=O)OCCc1ccccc1CCOS(C)(=O)=O.Nc1ccc2c(c1)CCCCC2.O=C(O)Cc1ccccc1CC(=O)O.O=[N+]([O-])O.O=[N+]([O-])c1ccc2c(c1)CCNCC2.c1ccc2c(c1)CCNCC2. The van der Waals surface area contributed by atoms with E-state index < -0.39 is 37.3 Å². The van der Waals surface area contributed by atoms with E-state index in [0.717, 1.165) is 73.9 Å². The van der Waals surface area contributed by atoms with Crippen LogP contribution in [0.4, 0.5) is 11.4 Å². The van der Waals surface area contributed by atoms with Crippen molar-refractivity contribution in [3.63, 3.8) is 0 Å². The van der Waals surface area contributed by atoms with Crippen LogP contribution < -0.4 is 16.4 Å². The van der Waals surface area contributed by atoms with E-state index >= 15 is 0 Å². The smallest absolute Gasteiger partial charge is 0.307 e. The Kier molecular flexibility index (Phi) is 27.6. The fraction of sp³-hybridized carbons (Fsp3) is 0.396. The molecule has 0 atom stereocenters. The number of hydrogen-bond donors (Lipinski definition) is 6. The monoisotopic (exact) mass is 1080 g/mol. The van der Waals surface area contributed by atoms with Crippen molar-refractivity contribution in [2.45, 2.75) is 83.5 Å². The predicted molar refractivity (Wildman–Crippen MR) is 286 cm³/mol. The van der Waals surface area contributed by atoms with Crippen molar-refractivity contribution < 1.29 is 60.2 Å². The van der Waals surface area contributed by atoms with Crippen molar-refractivity contribution in [1.29, 1.82) is 0 Å². The Morgan fingerprint density at radius 3 is 1.33 bits per heavy atom. The first-order valence-corrected chi connectivity index (χ1v) is 27.9. The molecule has 0 radical (unpaired) electrons. The molecule has 0 amide bonds. The largest absolute Gasteiger partial charge is 0.481 e. The third-order valence-corrected chi connectivity index (χ3v) is 12.9. The summed E-state index contributed by atoms with van der Waals surface area (Å²) in [5.74, 6) is -1.91. The van der Waals surface area contributed by atoms with Gasteiger partial charge >= 0.3 is 11.9 Å². The number of nitro benzene ring substituents is 1. The van der Waals surface area contributed by atoms with Crippen molar-refractivity contribution in [1.82, 2.24) is 10.6 Å². The molecule has 2 aliphatic heterocycles. The maximum atomic E-state index is 10.9.